The number of ether oxygens (including phenoxy) is 1. The molecule has 0 spiro atoms. The third-order valence-corrected chi connectivity index (χ3v) is 5.24. The van der Waals surface area contributed by atoms with Crippen LogP contribution in [0.4, 0.5) is 0 Å². The number of carbonyl (C=O) groups is 1. The van der Waals surface area contributed by atoms with Crippen LogP contribution >= 0.6 is 0 Å². The Morgan fingerprint density at radius 1 is 1.36 bits per heavy atom. The molecule has 2 aliphatic rings. The minimum Gasteiger partial charge on any atom is -0.493 e. The van der Waals surface area contributed by atoms with E-state index in [0.29, 0.717) is 19.7 Å². The van der Waals surface area contributed by atoms with Crippen LogP contribution in [0.3, 0.4) is 0 Å². The van der Waals surface area contributed by atoms with Gasteiger partial charge in [-0.15, -0.1) is 0 Å². The number of carbonyl (C=O) groups excluding carboxylic acids is 1. The highest BCUT2D eigenvalue weighted by Gasteiger charge is 2.52. The summed E-state index contributed by atoms with van der Waals surface area (Å²) in [6.45, 7) is 1.20. The zero-order chi connectivity index (χ0) is 17.6. The second kappa shape index (κ2) is 5.70. The molecule has 1 amide bonds. The molecule has 7 nitrogen and oxygen atoms in total. The van der Waals surface area contributed by atoms with Crippen molar-refractivity contribution in [3.63, 3.8) is 0 Å². The number of para-hydroxylation sites is 1. The fourth-order valence-electron chi connectivity index (χ4n) is 3.80. The van der Waals surface area contributed by atoms with Gasteiger partial charge in [-0.1, -0.05) is 18.2 Å². The largest absolute Gasteiger partial charge is 0.493 e. The van der Waals surface area contributed by atoms with Crippen molar-refractivity contribution in [2.24, 2.45) is 12.5 Å². The number of aromatic nitrogens is 2. The lowest BCUT2D eigenvalue weighted by Gasteiger charge is -2.37. The molecule has 7 heteroatoms. The zero-order valence-electron chi connectivity index (χ0n) is 13.9. The second-order valence-corrected chi connectivity index (χ2v) is 6.77. The first-order chi connectivity index (χ1) is 12.0. The molecule has 1 fully saturated rings. The molecule has 0 saturated carbocycles. The molecule has 3 heterocycles. The van der Waals surface area contributed by atoms with Crippen molar-refractivity contribution >= 4 is 5.91 Å². The van der Waals surface area contributed by atoms with Gasteiger partial charge in [-0.3, -0.25) is 9.59 Å². The highest BCUT2D eigenvalue weighted by molar-refractivity contribution is 5.92. The molecular formula is C18H19N3O4. The summed E-state index contributed by atoms with van der Waals surface area (Å²) in [7, 11) is 1.52. The van der Waals surface area contributed by atoms with Gasteiger partial charge >= 0.3 is 0 Å². The third-order valence-electron chi connectivity index (χ3n) is 5.24. The molecule has 0 radical (unpaired) electrons. The van der Waals surface area contributed by atoms with Crippen LogP contribution in [0, 0.1) is 5.41 Å². The number of amides is 1. The van der Waals surface area contributed by atoms with Gasteiger partial charge < -0.3 is 14.7 Å². The standard InChI is InChI=1S/C18H19N3O4/c1-20-16(23)7-6-14(19-20)17(24)21-8-13-12-4-2-3-5-15(12)25-11-18(13,9-21)10-22/h2-7,13,22H,8-11H2,1H3/t13-,18-/m1/s1. The predicted molar refractivity (Wildman–Crippen MR) is 89.6 cm³/mol. The fraction of sp³-hybridized carbons (Fsp3) is 0.389. The summed E-state index contributed by atoms with van der Waals surface area (Å²) in [4.78, 5) is 26.0. The van der Waals surface area contributed by atoms with Crippen molar-refractivity contribution in [1.29, 1.82) is 0 Å². The smallest absolute Gasteiger partial charge is 0.274 e. The van der Waals surface area contributed by atoms with Gasteiger partial charge in [0.15, 0.2) is 0 Å². The monoisotopic (exact) mass is 341 g/mol. The van der Waals surface area contributed by atoms with E-state index >= 15 is 0 Å². The van der Waals surface area contributed by atoms with Crippen LogP contribution in [0.1, 0.15) is 22.0 Å². The Morgan fingerprint density at radius 3 is 2.92 bits per heavy atom. The zero-order valence-corrected chi connectivity index (χ0v) is 13.9. The summed E-state index contributed by atoms with van der Waals surface area (Å²) in [5, 5.41) is 14.1. The predicted octanol–water partition coefficient (Wildman–Crippen LogP) is 0.391. The average molecular weight is 341 g/mol. The summed E-state index contributed by atoms with van der Waals surface area (Å²) in [6.07, 6.45) is 0. The summed E-state index contributed by atoms with van der Waals surface area (Å²) in [5.74, 6) is 0.584. The molecule has 130 valence electrons. The molecular weight excluding hydrogens is 322 g/mol. The maximum absolute atomic E-state index is 12.8. The molecule has 0 bridgehead atoms. The molecule has 2 aromatic rings. The lowest BCUT2D eigenvalue weighted by molar-refractivity contribution is 0.0438. The van der Waals surface area contributed by atoms with E-state index in [1.807, 2.05) is 24.3 Å². The maximum atomic E-state index is 12.8. The second-order valence-electron chi connectivity index (χ2n) is 6.77. The Labute approximate surface area is 144 Å². The highest BCUT2D eigenvalue weighted by atomic mass is 16.5. The SMILES string of the molecule is Cn1nc(C(=O)N2C[C@@H]3c4ccccc4OC[C@]3(CO)C2)ccc1=O. The Kier molecular flexibility index (Phi) is 3.61. The van der Waals surface area contributed by atoms with Crippen molar-refractivity contribution in [3.8, 4) is 5.75 Å². The molecule has 4 rings (SSSR count). The van der Waals surface area contributed by atoms with Gasteiger partial charge in [-0.05, 0) is 17.7 Å². The molecule has 1 N–H and O–H groups in total. The lowest BCUT2D eigenvalue weighted by atomic mass is 9.74. The Bertz CT molecular complexity index is 894. The van der Waals surface area contributed by atoms with Crippen LogP contribution < -0.4 is 10.3 Å². The van der Waals surface area contributed by atoms with Gasteiger partial charge in [-0.2, -0.15) is 5.10 Å². The van der Waals surface area contributed by atoms with E-state index < -0.39 is 5.41 Å². The number of aliphatic hydroxyl groups is 1. The summed E-state index contributed by atoms with van der Waals surface area (Å²) < 4.78 is 6.99. The van der Waals surface area contributed by atoms with Gasteiger partial charge in [0.1, 0.15) is 11.4 Å². The number of aliphatic hydroxyl groups excluding tert-OH is 1. The third kappa shape index (κ3) is 2.42. The van der Waals surface area contributed by atoms with E-state index in [0.717, 1.165) is 16.0 Å². The van der Waals surface area contributed by atoms with Crippen molar-refractivity contribution < 1.29 is 14.6 Å². The van der Waals surface area contributed by atoms with Crippen LogP contribution in [0.5, 0.6) is 5.75 Å². The topological polar surface area (TPSA) is 84.7 Å². The molecule has 1 aromatic carbocycles. The van der Waals surface area contributed by atoms with E-state index in [9.17, 15) is 14.7 Å². The average Bonchev–Trinajstić information content (AvgIpc) is 3.04. The molecule has 25 heavy (non-hydrogen) atoms. The van der Waals surface area contributed by atoms with Gasteiger partial charge in [0.05, 0.1) is 18.6 Å². The Morgan fingerprint density at radius 2 is 2.16 bits per heavy atom. The van der Waals surface area contributed by atoms with Crippen LogP contribution in [0.15, 0.2) is 41.2 Å². The van der Waals surface area contributed by atoms with Crippen molar-refractivity contribution in [3.05, 3.63) is 58.0 Å². The first-order valence-electron chi connectivity index (χ1n) is 8.20. The number of nitrogens with zero attached hydrogens (tertiary/aromatic N) is 3. The molecule has 0 unspecified atom stereocenters. The number of rotatable bonds is 2. The number of likely N-dealkylation sites (tertiary alicyclic amines) is 1. The van der Waals surface area contributed by atoms with Crippen molar-refractivity contribution in [2.75, 3.05) is 26.3 Å². The quantitative estimate of drug-likeness (QED) is 0.854. The number of hydrogen-bond donors (Lipinski definition) is 1. The Hall–Kier alpha value is -2.67. The van der Waals surface area contributed by atoms with E-state index in [1.165, 1.54) is 19.2 Å². The van der Waals surface area contributed by atoms with Crippen LogP contribution in [-0.2, 0) is 7.05 Å². The number of hydrogen-bond acceptors (Lipinski definition) is 5. The van der Waals surface area contributed by atoms with Crippen LogP contribution in [0.2, 0.25) is 0 Å². The fourth-order valence-corrected chi connectivity index (χ4v) is 3.80. The van der Waals surface area contributed by atoms with Crippen LogP contribution in [-0.4, -0.2) is 52.0 Å². The molecule has 1 saturated heterocycles. The number of aryl methyl sites for hydroxylation is 1. The minimum absolute atomic E-state index is 0.0129. The Balaban J connectivity index is 1.67. The van der Waals surface area contributed by atoms with Gasteiger partial charge in [-0.25, -0.2) is 4.68 Å². The molecule has 0 aliphatic carbocycles. The molecule has 1 aromatic heterocycles. The van der Waals surface area contributed by atoms with E-state index in [1.54, 1.807) is 4.90 Å². The minimum atomic E-state index is -0.509. The van der Waals surface area contributed by atoms with Crippen molar-refractivity contribution in [2.45, 2.75) is 5.92 Å². The summed E-state index contributed by atoms with van der Waals surface area (Å²) in [6, 6.07) is 10.5. The summed E-state index contributed by atoms with van der Waals surface area (Å²) in [5.41, 5.74) is 0.473. The number of fused-ring (bicyclic) bond motifs is 3. The van der Waals surface area contributed by atoms with Gasteiger partial charge in [0, 0.05) is 32.1 Å². The van der Waals surface area contributed by atoms with Gasteiger partial charge in [0.2, 0.25) is 0 Å². The van der Waals surface area contributed by atoms with E-state index in [2.05, 4.69) is 5.10 Å². The normalized spacial score (nSPS) is 24.4. The first kappa shape index (κ1) is 15.8. The highest BCUT2D eigenvalue weighted by Crippen LogP contribution is 2.49. The van der Waals surface area contributed by atoms with Crippen molar-refractivity contribution in [1.82, 2.24) is 14.7 Å². The van der Waals surface area contributed by atoms with Crippen LogP contribution in [0.25, 0.3) is 0 Å². The first-order valence-corrected chi connectivity index (χ1v) is 8.20. The van der Waals surface area contributed by atoms with E-state index in [4.69, 9.17) is 4.74 Å². The van der Waals surface area contributed by atoms with E-state index in [-0.39, 0.29) is 29.7 Å². The number of benzene rings is 1. The summed E-state index contributed by atoms with van der Waals surface area (Å²) >= 11 is 0. The molecule has 2 aliphatic heterocycles. The molecule has 2 atom stereocenters. The van der Waals surface area contributed by atoms with Gasteiger partial charge in [0.25, 0.3) is 11.5 Å². The lowest BCUT2D eigenvalue weighted by Crippen LogP contribution is -2.42. The maximum Gasteiger partial charge on any atom is 0.274 e.